The highest BCUT2D eigenvalue weighted by atomic mass is 35.5. The Kier molecular flexibility index (Phi) is 5.46. The number of carbonyl (C=O) groups excluding carboxylic acids is 1. The second-order valence-corrected chi connectivity index (χ2v) is 5.54. The van der Waals surface area contributed by atoms with Crippen LogP contribution in [0.2, 0.25) is 5.02 Å². The second-order valence-electron chi connectivity index (χ2n) is 5.14. The molecule has 5 N–H and O–H groups in total. The van der Waals surface area contributed by atoms with Crippen LogP contribution in [0.1, 0.15) is 23.0 Å². The Balaban J connectivity index is 2.01. The van der Waals surface area contributed by atoms with Crippen molar-refractivity contribution in [1.29, 1.82) is 5.26 Å². The molecule has 25 heavy (non-hydrogen) atoms. The number of halogens is 1. The minimum Gasteiger partial charge on any atom is -0.491 e. The first-order chi connectivity index (χ1) is 11.8. The van der Waals surface area contributed by atoms with Crippen LogP contribution in [-0.2, 0) is 0 Å². The molecule has 0 saturated heterocycles. The number of carbonyl (C=O) groups is 1. The molecule has 0 aliphatic carbocycles. The van der Waals surface area contributed by atoms with Crippen LogP contribution in [0.5, 0.6) is 5.75 Å². The van der Waals surface area contributed by atoms with Crippen molar-refractivity contribution < 1.29 is 9.53 Å². The molecule has 2 rings (SSSR count). The third-order valence-corrected chi connectivity index (χ3v) is 3.46. The summed E-state index contributed by atoms with van der Waals surface area (Å²) in [5.41, 5.74) is 3.44. The zero-order valence-electron chi connectivity index (χ0n) is 13.1. The molecule has 130 valence electrons. The number of aromatic nitrogens is 2. The van der Waals surface area contributed by atoms with E-state index >= 15 is 0 Å². The highest BCUT2D eigenvalue weighted by Crippen LogP contribution is 2.21. The number of benzene rings is 1. The lowest BCUT2D eigenvalue weighted by atomic mass is 10.2. The zero-order chi connectivity index (χ0) is 18.6. The van der Waals surface area contributed by atoms with E-state index in [1.165, 1.54) is 12.1 Å². The Hall–Kier alpha value is -3.25. The van der Waals surface area contributed by atoms with E-state index in [4.69, 9.17) is 27.3 Å². The first kappa shape index (κ1) is 18.1. The molecule has 0 aliphatic rings. The Morgan fingerprint density at radius 2 is 2.16 bits per heavy atom. The predicted molar refractivity (Wildman–Crippen MR) is 90.7 cm³/mol. The van der Waals surface area contributed by atoms with Crippen LogP contribution in [0.25, 0.3) is 0 Å². The van der Waals surface area contributed by atoms with Gasteiger partial charge in [0.25, 0.3) is 11.5 Å². The van der Waals surface area contributed by atoms with E-state index in [0.29, 0.717) is 11.3 Å². The fraction of sp³-hybridized carbons (Fsp3) is 0.200. The van der Waals surface area contributed by atoms with Gasteiger partial charge in [-0.15, -0.1) is 0 Å². The molecule has 9 nitrogen and oxygen atoms in total. The summed E-state index contributed by atoms with van der Waals surface area (Å²) < 4.78 is 5.48. The summed E-state index contributed by atoms with van der Waals surface area (Å²) in [5.74, 6) is -0.288. The van der Waals surface area contributed by atoms with Crippen LogP contribution in [-0.4, -0.2) is 28.5 Å². The van der Waals surface area contributed by atoms with Crippen molar-refractivity contribution >= 4 is 23.2 Å². The van der Waals surface area contributed by atoms with Gasteiger partial charge in [-0.2, -0.15) is 5.26 Å². The number of amides is 1. The van der Waals surface area contributed by atoms with Crippen LogP contribution in [0.3, 0.4) is 0 Å². The number of nitrogens with two attached hydrogens (primary N) is 1. The summed E-state index contributed by atoms with van der Waals surface area (Å²) in [6.07, 6.45) is 0. The van der Waals surface area contributed by atoms with E-state index in [1.54, 1.807) is 13.0 Å². The van der Waals surface area contributed by atoms with Gasteiger partial charge in [-0.25, -0.2) is 4.79 Å². The van der Waals surface area contributed by atoms with Gasteiger partial charge in [0.1, 0.15) is 29.8 Å². The molecule has 1 aromatic carbocycles. The number of hydrogen-bond acceptors (Lipinski definition) is 6. The molecule has 1 heterocycles. The van der Waals surface area contributed by atoms with Crippen LogP contribution >= 0.6 is 11.6 Å². The monoisotopic (exact) mass is 363 g/mol. The number of ether oxygens (including phenoxy) is 1. The maximum Gasteiger partial charge on any atom is 0.326 e. The van der Waals surface area contributed by atoms with Crippen molar-refractivity contribution in [2.75, 3.05) is 12.3 Å². The number of nitrogens with one attached hydrogen (secondary N) is 3. The number of nitrogen functional groups attached to an aromatic ring is 1. The molecule has 0 unspecified atom stereocenters. The smallest absolute Gasteiger partial charge is 0.326 e. The summed E-state index contributed by atoms with van der Waals surface area (Å²) in [5, 5.41) is 11.6. The van der Waals surface area contributed by atoms with Gasteiger partial charge in [0.05, 0.1) is 16.6 Å². The number of anilines is 1. The van der Waals surface area contributed by atoms with Gasteiger partial charge in [0, 0.05) is 6.07 Å². The Bertz CT molecular complexity index is 960. The lowest BCUT2D eigenvalue weighted by Crippen LogP contribution is -2.40. The molecule has 0 bridgehead atoms. The zero-order valence-corrected chi connectivity index (χ0v) is 13.8. The lowest BCUT2D eigenvalue weighted by molar-refractivity contribution is 0.0922. The number of hydrogen-bond donors (Lipinski definition) is 4. The van der Waals surface area contributed by atoms with Crippen molar-refractivity contribution in [1.82, 2.24) is 15.3 Å². The van der Waals surface area contributed by atoms with Gasteiger partial charge in [-0.05, 0) is 19.1 Å². The quantitative estimate of drug-likeness (QED) is 0.601. The van der Waals surface area contributed by atoms with Gasteiger partial charge in [-0.1, -0.05) is 11.6 Å². The van der Waals surface area contributed by atoms with E-state index in [-0.39, 0.29) is 23.0 Å². The topological polar surface area (TPSA) is 154 Å². The molecule has 1 aromatic heterocycles. The van der Waals surface area contributed by atoms with Gasteiger partial charge in [0.15, 0.2) is 0 Å². The van der Waals surface area contributed by atoms with Gasteiger partial charge in [-0.3, -0.25) is 14.6 Å². The first-order valence-corrected chi connectivity index (χ1v) is 7.45. The van der Waals surface area contributed by atoms with E-state index in [0.717, 1.165) is 0 Å². The third kappa shape index (κ3) is 4.39. The van der Waals surface area contributed by atoms with E-state index < -0.39 is 23.2 Å². The number of nitrogens with zero attached hydrogens (tertiary/aromatic N) is 1. The molecule has 1 amide bonds. The molecule has 2 aromatic rings. The van der Waals surface area contributed by atoms with Crippen LogP contribution in [0.4, 0.5) is 5.69 Å². The maximum absolute atomic E-state index is 12.1. The SMILES string of the molecule is C[C@H](COc1ccc(C#N)c(Cl)c1)NC(=O)c1[nH]c(=O)[nH]c(=O)c1N. The summed E-state index contributed by atoms with van der Waals surface area (Å²) in [6.45, 7) is 1.74. The fourth-order valence-corrected chi connectivity index (χ4v) is 2.12. The van der Waals surface area contributed by atoms with Crippen molar-refractivity contribution in [2.45, 2.75) is 13.0 Å². The van der Waals surface area contributed by atoms with E-state index in [9.17, 15) is 14.4 Å². The third-order valence-electron chi connectivity index (χ3n) is 3.15. The summed E-state index contributed by atoms with van der Waals surface area (Å²) in [6, 6.07) is 6.04. The Morgan fingerprint density at radius 1 is 1.44 bits per heavy atom. The molecular formula is C15H14ClN5O4. The van der Waals surface area contributed by atoms with E-state index in [1.807, 2.05) is 11.1 Å². The van der Waals surface area contributed by atoms with Crippen molar-refractivity contribution in [3.05, 3.63) is 55.3 Å². The van der Waals surface area contributed by atoms with Gasteiger partial charge in [0.2, 0.25) is 0 Å². The molecular weight excluding hydrogens is 350 g/mol. The number of rotatable bonds is 5. The average molecular weight is 364 g/mol. The minimum atomic E-state index is -0.843. The van der Waals surface area contributed by atoms with Crippen LogP contribution in [0.15, 0.2) is 27.8 Å². The molecule has 10 heteroatoms. The molecule has 1 atom stereocenters. The molecule has 0 aliphatic heterocycles. The summed E-state index contributed by atoms with van der Waals surface area (Å²) >= 11 is 5.90. The van der Waals surface area contributed by atoms with Gasteiger partial charge >= 0.3 is 5.69 Å². The highest BCUT2D eigenvalue weighted by molar-refractivity contribution is 6.31. The van der Waals surface area contributed by atoms with E-state index in [2.05, 4.69) is 10.3 Å². The summed E-state index contributed by atoms with van der Waals surface area (Å²) in [7, 11) is 0. The molecule has 0 radical (unpaired) electrons. The highest BCUT2D eigenvalue weighted by Gasteiger charge is 2.16. The first-order valence-electron chi connectivity index (χ1n) is 7.07. The fourth-order valence-electron chi connectivity index (χ4n) is 1.91. The Morgan fingerprint density at radius 3 is 2.80 bits per heavy atom. The molecule has 0 spiro atoms. The van der Waals surface area contributed by atoms with Crippen LogP contribution in [0, 0.1) is 11.3 Å². The molecule has 0 fully saturated rings. The normalized spacial score (nSPS) is 11.4. The number of H-pyrrole nitrogens is 2. The number of aromatic amines is 2. The lowest BCUT2D eigenvalue weighted by Gasteiger charge is -2.15. The predicted octanol–water partition coefficient (Wildman–Crippen LogP) is 0.368. The standard InChI is InChI=1S/C15H14ClN5O4/c1-7(6-25-9-3-2-8(5-17)10(16)4-9)19-14(23)12-11(18)13(22)21-15(24)20-12/h2-4,7H,6,18H2,1H3,(H,19,23)(H2,20,21,22,24)/t7-/m1/s1. The molecule has 0 saturated carbocycles. The van der Waals surface area contributed by atoms with Crippen molar-refractivity contribution in [3.63, 3.8) is 0 Å². The maximum atomic E-state index is 12.1. The Labute approximate surface area is 146 Å². The second kappa shape index (κ2) is 7.55. The average Bonchev–Trinajstić information content (AvgIpc) is 2.56. The van der Waals surface area contributed by atoms with Gasteiger partial charge < -0.3 is 20.8 Å². The van der Waals surface area contributed by atoms with Crippen molar-refractivity contribution in [2.24, 2.45) is 0 Å². The number of nitriles is 1. The largest absolute Gasteiger partial charge is 0.491 e. The minimum absolute atomic E-state index is 0.0846. The van der Waals surface area contributed by atoms with Crippen molar-refractivity contribution in [3.8, 4) is 11.8 Å². The van der Waals surface area contributed by atoms with Crippen LogP contribution < -0.4 is 27.0 Å². The summed E-state index contributed by atoms with van der Waals surface area (Å²) in [4.78, 5) is 38.8.